The monoisotopic (exact) mass is 265 g/mol. The van der Waals surface area contributed by atoms with Gasteiger partial charge in [0.15, 0.2) is 0 Å². The van der Waals surface area contributed by atoms with E-state index < -0.39 is 0 Å². The zero-order valence-corrected chi connectivity index (χ0v) is 12.0. The molecule has 1 aliphatic rings. The Morgan fingerprint density at radius 2 is 2.05 bits per heavy atom. The lowest BCUT2D eigenvalue weighted by Gasteiger charge is -2.20. The third-order valence-electron chi connectivity index (χ3n) is 3.70. The Kier molecular flexibility index (Phi) is 5.31. The molecule has 1 heterocycles. The summed E-state index contributed by atoms with van der Waals surface area (Å²) in [6, 6.07) is 5.43. The zero-order valence-electron chi connectivity index (χ0n) is 12.0. The number of hydrogen-bond acceptors (Lipinski definition) is 3. The van der Waals surface area contributed by atoms with E-state index in [2.05, 4.69) is 22.2 Å². The maximum atomic E-state index is 13.9. The molecule has 0 bridgehead atoms. The molecule has 19 heavy (non-hydrogen) atoms. The van der Waals surface area contributed by atoms with Crippen LogP contribution in [0.25, 0.3) is 0 Å². The fourth-order valence-electron chi connectivity index (χ4n) is 2.56. The Hall–Kier alpha value is -0.970. The van der Waals surface area contributed by atoms with Gasteiger partial charge in [-0.3, -0.25) is 4.90 Å². The lowest BCUT2D eigenvalue weighted by molar-refractivity contribution is 0.266. The van der Waals surface area contributed by atoms with Crippen LogP contribution in [0.4, 0.5) is 4.39 Å². The maximum absolute atomic E-state index is 13.9. The quantitative estimate of drug-likeness (QED) is 0.893. The normalized spacial score (nSPS) is 18.5. The summed E-state index contributed by atoms with van der Waals surface area (Å²) >= 11 is 0. The van der Waals surface area contributed by atoms with Crippen molar-refractivity contribution >= 4 is 0 Å². The third-order valence-corrected chi connectivity index (χ3v) is 3.70. The predicted octanol–water partition coefficient (Wildman–Crippen LogP) is 1.68. The first-order valence-electron chi connectivity index (χ1n) is 7.02. The van der Waals surface area contributed by atoms with Crippen LogP contribution in [0.3, 0.4) is 0 Å². The Bertz CT molecular complexity index is 408. The van der Waals surface area contributed by atoms with E-state index in [0.717, 1.165) is 56.8 Å². The van der Waals surface area contributed by atoms with E-state index in [1.165, 1.54) is 0 Å². The van der Waals surface area contributed by atoms with Gasteiger partial charge in [-0.1, -0.05) is 12.1 Å². The fourth-order valence-corrected chi connectivity index (χ4v) is 2.56. The van der Waals surface area contributed by atoms with Gasteiger partial charge in [0, 0.05) is 31.7 Å². The fraction of sp³-hybridized carbons (Fsp3) is 0.600. The minimum atomic E-state index is -0.0857. The lowest BCUT2D eigenvalue weighted by Crippen LogP contribution is -2.28. The summed E-state index contributed by atoms with van der Waals surface area (Å²) in [5.74, 6) is -0.0857. The van der Waals surface area contributed by atoms with Crippen LogP contribution in [0.1, 0.15) is 17.5 Å². The van der Waals surface area contributed by atoms with E-state index in [-0.39, 0.29) is 5.82 Å². The SMILES string of the molecule is CNCc1ccc(F)c(CN2CCCN(C)CC2)c1. The topological polar surface area (TPSA) is 18.5 Å². The van der Waals surface area contributed by atoms with E-state index in [1.54, 1.807) is 6.07 Å². The molecule has 3 nitrogen and oxygen atoms in total. The van der Waals surface area contributed by atoms with Crippen molar-refractivity contribution in [1.29, 1.82) is 0 Å². The van der Waals surface area contributed by atoms with Crippen LogP contribution in [0.5, 0.6) is 0 Å². The van der Waals surface area contributed by atoms with Crippen molar-refractivity contribution in [1.82, 2.24) is 15.1 Å². The van der Waals surface area contributed by atoms with E-state index in [9.17, 15) is 4.39 Å². The molecule has 1 fully saturated rings. The molecule has 1 N–H and O–H groups in total. The molecule has 0 atom stereocenters. The summed E-state index contributed by atoms with van der Waals surface area (Å²) in [7, 11) is 4.06. The van der Waals surface area contributed by atoms with E-state index >= 15 is 0 Å². The molecule has 2 rings (SSSR count). The van der Waals surface area contributed by atoms with E-state index in [0.29, 0.717) is 0 Å². The van der Waals surface area contributed by atoms with Crippen LogP contribution in [-0.4, -0.2) is 50.1 Å². The standard InChI is InChI=1S/C15H24FN3/c1-17-11-13-4-5-15(16)14(10-13)12-19-7-3-6-18(2)8-9-19/h4-5,10,17H,3,6-9,11-12H2,1-2H3. The number of nitrogens with zero attached hydrogens (tertiary/aromatic N) is 2. The van der Waals surface area contributed by atoms with Crippen LogP contribution in [-0.2, 0) is 13.1 Å². The number of halogens is 1. The molecule has 0 aliphatic carbocycles. The Labute approximate surface area is 115 Å². The smallest absolute Gasteiger partial charge is 0.127 e. The highest BCUT2D eigenvalue weighted by Crippen LogP contribution is 2.14. The van der Waals surface area contributed by atoms with Gasteiger partial charge in [0.1, 0.15) is 5.82 Å². The molecule has 0 spiro atoms. The van der Waals surface area contributed by atoms with Crippen molar-refractivity contribution in [3.8, 4) is 0 Å². The van der Waals surface area contributed by atoms with Gasteiger partial charge in [0.05, 0.1) is 0 Å². The number of nitrogens with one attached hydrogen (secondary N) is 1. The Morgan fingerprint density at radius 1 is 1.21 bits per heavy atom. The third kappa shape index (κ3) is 4.27. The van der Waals surface area contributed by atoms with Gasteiger partial charge in [-0.05, 0) is 45.2 Å². The van der Waals surface area contributed by atoms with Crippen LogP contribution in [0.2, 0.25) is 0 Å². The van der Waals surface area contributed by atoms with Gasteiger partial charge >= 0.3 is 0 Å². The first-order chi connectivity index (χ1) is 9.19. The molecule has 0 radical (unpaired) electrons. The second-order valence-electron chi connectivity index (χ2n) is 5.39. The van der Waals surface area contributed by atoms with Crippen molar-refractivity contribution in [3.63, 3.8) is 0 Å². The number of rotatable bonds is 4. The van der Waals surface area contributed by atoms with Gasteiger partial charge in [0.2, 0.25) is 0 Å². The average Bonchev–Trinajstić information content (AvgIpc) is 2.59. The highest BCUT2D eigenvalue weighted by atomic mass is 19.1. The van der Waals surface area contributed by atoms with Gasteiger partial charge in [-0.25, -0.2) is 4.39 Å². The Balaban J connectivity index is 2.02. The van der Waals surface area contributed by atoms with Crippen molar-refractivity contribution in [2.45, 2.75) is 19.5 Å². The van der Waals surface area contributed by atoms with E-state index in [1.807, 2.05) is 19.2 Å². The number of hydrogen-bond donors (Lipinski definition) is 1. The second kappa shape index (κ2) is 6.98. The second-order valence-corrected chi connectivity index (χ2v) is 5.39. The van der Waals surface area contributed by atoms with Crippen LogP contribution in [0, 0.1) is 5.82 Å². The molecule has 1 aliphatic heterocycles. The van der Waals surface area contributed by atoms with Crippen molar-refractivity contribution in [3.05, 3.63) is 35.1 Å². The molecular weight excluding hydrogens is 241 g/mol. The molecule has 106 valence electrons. The number of benzene rings is 1. The van der Waals surface area contributed by atoms with Gasteiger partial charge in [-0.2, -0.15) is 0 Å². The minimum Gasteiger partial charge on any atom is -0.316 e. The molecule has 1 aromatic carbocycles. The molecule has 1 saturated heterocycles. The highest BCUT2D eigenvalue weighted by Gasteiger charge is 2.14. The van der Waals surface area contributed by atoms with Crippen molar-refractivity contribution in [2.75, 3.05) is 40.3 Å². The summed E-state index contributed by atoms with van der Waals surface area (Å²) < 4.78 is 13.9. The molecule has 0 aromatic heterocycles. The Morgan fingerprint density at radius 3 is 2.84 bits per heavy atom. The summed E-state index contributed by atoms with van der Waals surface area (Å²) in [6.45, 7) is 5.79. The lowest BCUT2D eigenvalue weighted by atomic mass is 10.1. The summed E-state index contributed by atoms with van der Waals surface area (Å²) in [5.41, 5.74) is 1.96. The van der Waals surface area contributed by atoms with Gasteiger partial charge in [-0.15, -0.1) is 0 Å². The summed E-state index contributed by atoms with van der Waals surface area (Å²) in [6.07, 6.45) is 1.16. The van der Waals surface area contributed by atoms with Crippen LogP contribution in [0.15, 0.2) is 18.2 Å². The maximum Gasteiger partial charge on any atom is 0.127 e. The van der Waals surface area contributed by atoms with Crippen LogP contribution >= 0.6 is 0 Å². The largest absolute Gasteiger partial charge is 0.316 e. The minimum absolute atomic E-state index is 0.0857. The van der Waals surface area contributed by atoms with Crippen molar-refractivity contribution < 1.29 is 4.39 Å². The average molecular weight is 265 g/mol. The molecular formula is C15H24FN3. The van der Waals surface area contributed by atoms with Crippen LogP contribution < -0.4 is 5.32 Å². The molecule has 1 aromatic rings. The molecule has 0 amide bonds. The van der Waals surface area contributed by atoms with Gasteiger partial charge < -0.3 is 10.2 Å². The molecule has 4 heteroatoms. The molecule has 0 saturated carbocycles. The summed E-state index contributed by atoms with van der Waals surface area (Å²) in [5, 5.41) is 3.11. The highest BCUT2D eigenvalue weighted by molar-refractivity contribution is 5.25. The first-order valence-corrected chi connectivity index (χ1v) is 7.02. The van der Waals surface area contributed by atoms with Gasteiger partial charge in [0.25, 0.3) is 0 Å². The zero-order chi connectivity index (χ0) is 13.7. The number of likely N-dealkylation sites (N-methyl/N-ethyl adjacent to an activating group) is 1. The van der Waals surface area contributed by atoms with Crippen molar-refractivity contribution in [2.24, 2.45) is 0 Å². The van der Waals surface area contributed by atoms with E-state index in [4.69, 9.17) is 0 Å². The molecule has 0 unspecified atom stereocenters. The summed E-state index contributed by atoms with van der Waals surface area (Å²) in [4.78, 5) is 4.69. The predicted molar refractivity (Wildman–Crippen MR) is 76.6 cm³/mol. The first kappa shape index (κ1) is 14.4.